The first-order chi connectivity index (χ1) is 12.2. The van der Waals surface area contributed by atoms with Gasteiger partial charge in [0.2, 0.25) is 17.6 Å². The quantitative estimate of drug-likeness (QED) is 0.833. The van der Waals surface area contributed by atoms with E-state index in [1.165, 1.54) is 6.42 Å². The molecule has 0 radical (unpaired) electrons. The van der Waals surface area contributed by atoms with Crippen molar-refractivity contribution in [3.8, 4) is 11.4 Å². The lowest BCUT2D eigenvalue weighted by Crippen LogP contribution is -2.39. The molecular weight excluding hydrogens is 314 g/mol. The van der Waals surface area contributed by atoms with Crippen molar-refractivity contribution in [3.05, 3.63) is 36.2 Å². The Hall–Kier alpha value is -2.17. The normalized spacial score (nSPS) is 27.6. The second-order valence-electron chi connectivity index (χ2n) is 7.47. The fourth-order valence-electron chi connectivity index (χ4n) is 4.78. The van der Waals surface area contributed by atoms with Crippen LogP contribution in [0.4, 0.5) is 0 Å². The second-order valence-corrected chi connectivity index (χ2v) is 7.47. The van der Waals surface area contributed by atoms with E-state index in [1.54, 1.807) is 0 Å². The van der Waals surface area contributed by atoms with E-state index >= 15 is 0 Å². The van der Waals surface area contributed by atoms with Crippen LogP contribution >= 0.6 is 0 Å². The fourth-order valence-corrected chi connectivity index (χ4v) is 4.78. The number of rotatable bonds is 5. The largest absolute Gasteiger partial charge is 0.346 e. The van der Waals surface area contributed by atoms with Crippen LogP contribution < -0.4 is 0 Å². The molecule has 132 valence electrons. The summed E-state index contributed by atoms with van der Waals surface area (Å²) in [6.45, 7) is 2.91. The van der Waals surface area contributed by atoms with E-state index in [9.17, 15) is 4.79 Å². The Bertz CT molecular complexity index is 742. The molecule has 5 heteroatoms. The van der Waals surface area contributed by atoms with Crippen molar-refractivity contribution in [2.75, 3.05) is 13.6 Å². The Morgan fingerprint density at radius 1 is 1.24 bits per heavy atom. The zero-order chi connectivity index (χ0) is 17.4. The third-order valence-electron chi connectivity index (χ3n) is 5.90. The molecule has 1 aromatic heterocycles. The Kier molecular flexibility index (Phi) is 4.32. The summed E-state index contributed by atoms with van der Waals surface area (Å²) in [6, 6.07) is 9.86. The topological polar surface area (TPSA) is 59.2 Å². The van der Waals surface area contributed by atoms with Gasteiger partial charge in [-0.15, -0.1) is 0 Å². The molecule has 0 N–H and O–H groups in total. The predicted octanol–water partition coefficient (Wildman–Crippen LogP) is 3.73. The molecule has 2 bridgehead atoms. The summed E-state index contributed by atoms with van der Waals surface area (Å²) in [7, 11) is 1.91. The predicted molar refractivity (Wildman–Crippen MR) is 94.7 cm³/mol. The molecule has 0 saturated heterocycles. The summed E-state index contributed by atoms with van der Waals surface area (Å²) < 4.78 is 5.64. The van der Waals surface area contributed by atoms with Crippen LogP contribution in [0.25, 0.3) is 11.4 Å². The Morgan fingerprint density at radius 2 is 2.00 bits per heavy atom. The molecule has 1 aromatic carbocycles. The SMILES string of the molecule is CCCN(C)C(=O)[C@H]1[C@H]2CC[C@H](C2)[C@@H]1c1nc(-c2ccccc2)no1. The van der Waals surface area contributed by atoms with Gasteiger partial charge < -0.3 is 9.42 Å². The summed E-state index contributed by atoms with van der Waals surface area (Å²) in [5, 5.41) is 4.18. The van der Waals surface area contributed by atoms with Crippen molar-refractivity contribution >= 4 is 5.91 Å². The van der Waals surface area contributed by atoms with Crippen LogP contribution in [0.2, 0.25) is 0 Å². The van der Waals surface area contributed by atoms with Crippen molar-refractivity contribution in [2.24, 2.45) is 17.8 Å². The molecule has 5 nitrogen and oxygen atoms in total. The average molecular weight is 339 g/mol. The molecule has 0 aliphatic heterocycles. The first kappa shape index (κ1) is 16.3. The van der Waals surface area contributed by atoms with Gasteiger partial charge in [-0.2, -0.15) is 4.98 Å². The van der Waals surface area contributed by atoms with Crippen molar-refractivity contribution in [1.29, 1.82) is 0 Å². The zero-order valence-electron chi connectivity index (χ0n) is 14.9. The minimum Gasteiger partial charge on any atom is -0.346 e. The molecule has 4 rings (SSSR count). The van der Waals surface area contributed by atoms with E-state index in [0.717, 1.165) is 31.4 Å². The smallest absolute Gasteiger partial charge is 0.231 e. The highest BCUT2D eigenvalue weighted by Crippen LogP contribution is 2.56. The number of amides is 1. The number of hydrogen-bond acceptors (Lipinski definition) is 4. The number of nitrogens with zero attached hydrogens (tertiary/aromatic N) is 3. The highest BCUT2D eigenvalue weighted by atomic mass is 16.5. The highest BCUT2D eigenvalue weighted by Gasteiger charge is 2.54. The third-order valence-corrected chi connectivity index (χ3v) is 5.90. The van der Waals surface area contributed by atoms with Gasteiger partial charge in [0.25, 0.3) is 0 Å². The number of carbonyl (C=O) groups is 1. The number of aromatic nitrogens is 2. The Labute approximate surface area is 148 Å². The molecule has 1 heterocycles. The Morgan fingerprint density at radius 3 is 2.76 bits per heavy atom. The Balaban J connectivity index is 1.62. The first-order valence-corrected chi connectivity index (χ1v) is 9.33. The minimum absolute atomic E-state index is 0.000580. The molecule has 1 amide bonds. The monoisotopic (exact) mass is 339 g/mol. The standard InChI is InChI=1S/C20H25N3O2/c1-3-11-23(2)20(24)17-15-10-9-14(12-15)16(17)19-21-18(22-25-19)13-7-5-4-6-8-13/h4-8,14-17H,3,9-12H2,1-2H3/t14-,15+,16+,17+/m1/s1. The van der Waals surface area contributed by atoms with Crippen LogP contribution in [0, 0.1) is 17.8 Å². The van der Waals surface area contributed by atoms with E-state index in [2.05, 4.69) is 17.1 Å². The van der Waals surface area contributed by atoms with Crippen LogP contribution in [0.15, 0.2) is 34.9 Å². The van der Waals surface area contributed by atoms with Crippen LogP contribution in [0.1, 0.15) is 44.4 Å². The van der Waals surface area contributed by atoms with Gasteiger partial charge >= 0.3 is 0 Å². The molecule has 0 unspecified atom stereocenters. The lowest BCUT2D eigenvalue weighted by Gasteiger charge is -2.31. The molecule has 0 spiro atoms. The van der Waals surface area contributed by atoms with Crippen molar-refractivity contribution in [3.63, 3.8) is 0 Å². The third kappa shape index (κ3) is 2.86. The number of carbonyl (C=O) groups excluding carboxylic acids is 1. The van der Waals surface area contributed by atoms with E-state index in [0.29, 0.717) is 23.6 Å². The van der Waals surface area contributed by atoms with Gasteiger partial charge in [-0.3, -0.25) is 4.79 Å². The number of benzene rings is 1. The molecule has 2 aliphatic carbocycles. The van der Waals surface area contributed by atoms with Gasteiger partial charge in [-0.25, -0.2) is 0 Å². The lowest BCUT2D eigenvalue weighted by molar-refractivity contribution is -0.136. The van der Waals surface area contributed by atoms with E-state index in [-0.39, 0.29) is 17.7 Å². The fraction of sp³-hybridized carbons (Fsp3) is 0.550. The highest BCUT2D eigenvalue weighted by molar-refractivity contribution is 5.80. The van der Waals surface area contributed by atoms with Gasteiger partial charge in [0, 0.05) is 19.2 Å². The molecule has 2 saturated carbocycles. The average Bonchev–Trinajstić information content (AvgIpc) is 3.37. The van der Waals surface area contributed by atoms with Gasteiger partial charge in [-0.1, -0.05) is 42.4 Å². The van der Waals surface area contributed by atoms with Crippen LogP contribution in [-0.2, 0) is 4.79 Å². The second kappa shape index (κ2) is 6.62. The molecule has 4 atom stereocenters. The van der Waals surface area contributed by atoms with Gasteiger partial charge in [0.15, 0.2) is 0 Å². The zero-order valence-corrected chi connectivity index (χ0v) is 14.9. The van der Waals surface area contributed by atoms with Gasteiger partial charge in [-0.05, 0) is 37.5 Å². The maximum atomic E-state index is 13.0. The van der Waals surface area contributed by atoms with Crippen LogP contribution in [0.3, 0.4) is 0 Å². The lowest BCUT2D eigenvalue weighted by atomic mass is 9.78. The summed E-state index contributed by atoms with van der Waals surface area (Å²) >= 11 is 0. The van der Waals surface area contributed by atoms with Crippen molar-refractivity contribution in [1.82, 2.24) is 15.0 Å². The number of hydrogen-bond donors (Lipinski definition) is 0. The number of fused-ring (bicyclic) bond motifs is 2. The molecular formula is C20H25N3O2. The van der Waals surface area contributed by atoms with Crippen molar-refractivity contribution < 1.29 is 9.32 Å². The molecule has 2 aliphatic rings. The van der Waals surface area contributed by atoms with Crippen LogP contribution in [0.5, 0.6) is 0 Å². The maximum Gasteiger partial charge on any atom is 0.231 e. The maximum absolute atomic E-state index is 13.0. The molecule has 25 heavy (non-hydrogen) atoms. The summed E-state index contributed by atoms with van der Waals surface area (Å²) in [5.74, 6) is 2.56. The molecule has 2 fully saturated rings. The summed E-state index contributed by atoms with van der Waals surface area (Å²) in [5.41, 5.74) is 0.951. The van der Waals surface area contributed by atoms with E-state index in [1.807, 2.05) is 42.3 Å². The summed E-state index contributed by atoms with van der Waals surface area (Å²) in [4.78, 5) is 19.6. The van der Waals surface area contributed by atoms with Gasteiger partial charge in [0.05, 0.1) is 11.8 Å². The van der Waals surface area contributed by atoms with Gasteiger partial charge in [0.1, 0.15) is 0 Å². The van der Waals surface area contributed by atoms with E-state index in [4.69, 9.17) is 4.52 Å². The minimum atomic E-state index is -0.000580. The van der Waals surface area contributed by atoms with E-state index < -0.39 is 0 Å². The first-order valence-electron chi connectivity index (χ1n) is 9.33. The van der Waals surface area contributed by atoms with Crippen molar-refractivity contribution in [2.45, 2.75) is 38.5 Å². The van der Waals surface area contributed by atoms with Crippen LogP contribution in [-0.4, -0.2) is 34.5 Å². The summed E-state index contributed by atoms with van der Waals surface area (Å²) in [6.07, 6.45) is 4.41. The molecule has 2 aromatic rings.